The second kappa shape index (κ2) is 4.50. The Labute approximate surface area is 90.9 Å². The first kappa shape index (κ1) is 10.4. The molecule has 12 heavy (non-hydrogen) atoms. The Bertz CT molecular complexity index is 265. The van der Waals surface area contributed by atoms with Crippen LogP contribution in [0.15, 0.2) is 14.3 Å². The van der Waals surface area contributed by atoms with Crippen molar-refractivity contribution < 1.29 is 9.90 Å². The highest BCUT2D eigenvalue weighted by Gasteiger charge is 2.11. The number of aliphatic hydroxyl groups excluding tert-OH is 1. The van der Waals surface area contributed by atoms with Crippen LogP contribution in [0.25, 0.3) is 0 Å². The van der Waals surface area contributed by atoms with Crippen LogP contribution in [0.4, 0.5) is 0 Å². The molecule has 5 heteroatoms. The van der Waals surface area contributed by atoms with E-state index < -0.39 is 6.10 Å². The second-order valence-corrected chi connectivity index (χ2v) is 5.44. The normalized spacial score (nSPS) is 12.9. The van der Waals surface area contributed by atoms with Crippen LogP contribution < -0.4 is 0 Å². The molecule has 1 unspecified atom stereocenters. The van der Waals surface area contributed by atoms with E-state index in [1.807, 2.05) is 6.07 Å². The molecule has 1 heterocycles. The summed E-state index contributed by atoms with van der Waals surface area (Å²) in [6, 6.07) is 1.81. The first-order valence-electron chi connectivity index (χ1n) is 3.21. The van der Waals surface area contributed by atoms with Crippen molar-refractivity contribution in [2.75, 3.05) is 0 Å². The summed E-state index contributed by atoms with van der Waals surface area (Å²) in [4.78, 5) is 10.9. The third-order valence-corrected chi connectivity index (χ3v) is 4.67. The fourth-order valence-electron chi connectivity index (χ4n) is 0.735. The number of halogens is 2. The Balaban J connectivity index is 2.80. The monoisotopic (exact) mass is 312 g/mol. The molecule has 0 saturated heterocycles. The molecule has 0 bridgehead atoms. The lowest BCUT2D eigenvalue weighted by atomic mass is 10.2. The summed E-state index contributed by atoms with van der Waals surface area (Å²) in [5.41, 5.74) is 0. The van der Waals surface area contributed by atoms with E-state index in [0.717, 1.165) is 13.1 Å². The summed E-state index contributed by atoms with van der Waals surface area (Å²) < 4.78 is 1.84. The molecule has 0 saturated carbocycles. The van der Waals surface area contributed by atoms with Crippen LogP contribution in [0.3, 0.4) is 0 Å². The Morgan fingerprint density at radius 1 is 1.67 bits per heavy atom. The van der Waals surface area contributed by atoms with E-state index in [-0.39, 0.29) is 6.42 Å². The highest BCUT2D eigenvalue weighted by molar-refractivity contribution is 9.13. The third kappa shape index (κ3) is 2.39. The first-order valence-corrected chi connectivity index (χ1v) is 5.62. The lowest BCUT2D eigenvalue weighted by Crippen LogP contribution is -1.93. The molecule has 0 aliphatic carbocycles. The number of carbonyl (C=O) groups excluding carboxylic acids is 1. The Hall–Kier alpha value is 0.290. The highest BCUT2D eigenvalue weighted by atomic mass is 79.9. The zero-order valence-electron chi connectivity index (χ0n) is 5.96. The summed E-state index contributed by atoms with van der Waals surface area (Å²) in [7, 11) is 0. The molecular formula is C7H6Br2O2S. The number of hydrogen-bond acceptors (Lipinski definition) is 3. The molecule has 1 rings (SSSR count). The van der Waals surface area contributed by atoms with Gasteiger partial charge in [-0.15, -0.1) is 11.3 Å². The fourth-order valence-corrected chi connectivity index (χ4v) is 2.82. The van der Waals surface area contributed by atoms with Gasteiger partial charge in [0.15, 0.2) is 0 Å². The minimum absolute atomic E-state index is 0.152. The molecule has 0 aromatic carbocycles. The van der Waals surface area contributed by atoms with E-state index in [4.69, 9.17) is 0 Å². The van der Waals surface area contributed by atoms with Gasteiger partial charge in [-0.1, -0.05) is 0 Å². The van der Waals surface area contributed by atoms with Gasteiger partial charge in [0.2, 0.25) is 0 Å². The molecule has 1 aromatic rings. The van der Waals surface area contributed by atoms with Gasteiger partial charge in [0.1, 0.15) is 6.29 Å². The topological polar surface area (TPSA) is 37.3 Å². The van der Waals surface area contributed by atoms with E-state index in [1.54, 1.807) is 0 Å². The summed E-state index contributed by atoms with van der Waals surface area (Å²) in [5.74, 6) is 0. The quantitative estimate of drug-likeness (QED) is 0.871. The minimum atomic E-state index is -0.671. The maximum atomic E-state index is 10.1. The maximum Gasteiger partial charge on any atom is 0.122 e. The number of rotatable bonds is 3. The van der Waals surface area contributed by atoms with E-state index in [1.165, 1.54) is 11.3 Å². The summed E-state index contributed by atoms with van der Waals surface area (Å²) in [6.07, 6.45) is 0.195. The van der Waals surface area contributed by atoms with Crippen molar-refractivity contribution in [3.8, 4) is 0 Å². The lowest BCUT2D eigenvalue weighted by molar-refractivity contribution is -0.109. The number of carbonyl (C=O) groups is 1. The van der Waals surface area contributed by atoms with Gasteiger partial charge in [0.05, 0.1) is 9.89 Å². The van der Waals surface area contributed by atoms with Crippen LogP contribution in [-0.4, -0.2) is 11.4 Å². The standard InChI is InChI=1S/C7H6Br2O2S/c8-4-3-6(12-7(4)9)5(11)1-2-10/h2-3,5,11H,1H2. The largest absolute Gasteiger partial charge is 0.387 e. The first-order chi connectivity index (χ1) is 5.65. The van der Waals surface area contributed by atoms with E-state index >= 15 is 0 Å². The molecule has 0 fully saturated rings. The van der Waals surface area contributed by atoms with Gasteiger partial charge in [-0.2, -0.15) is 0 Å². The molecule has 0 radical (unpaired) electrons. The van der Waals surface area contributed by atoms with Gasteiger partial charge in [0, 0.05) is 15.8 Å². The van der Waals surface area contributed by atoms with Crippen LogP contribution in [-0.2, 0) is 4.79 Å². The molecular weight excluding hydrogens is 308 g/mol. The van der Waals surface area contributed by atoms with E-state index in [0.29, 0.717) is 6.29 Å². The lowest BCUT2D eigenvalue weighted by Gasteiger charge is -2.00. The summed E-state index contributed by atoms with van der Waals surface area (Å²) >= 11 is 8.03. The number of aliphatic hydroxyl groups is 1. The fraction of sp³-hybridized carbons (Fsp3) is 0.286. The van der Waals surface area contributed by atoms with Crippen molar-refractivity contribution in [2.24, 2.45) is 0 Å². The zero-order valence-corrected chi connectivity index (χ0v) is 9.95. The molecule has 1 atom stereocenters. The van der Waals surface area contributed by atoms with Crippen LogP contribution in [0.5, 0.6) is 0 Å². The zero-order chi connectivity index (χ0) is 9.14. The molecule has 0 aliphatic heterocycles. The maximum absolute atomic E-state index is 10.1. The average molecular weight is 314 g/mol. The van der Waals surface area contributed by atoms with Crippen LogP contribution >= 0.6 is 43.2 Å². The Morgan fingerprint density at radius 3 is 2.75 bits per heavy atom. The van der Waals surface area contributed by atoms with Crippen molar-refractivity contribution in [3.05, 3.63) is 19.2 Å². The molecule has 0 spiro atoms. The SMILES string of the molecule is O=CCC(O)c1cc(Br)c(Br)s1. The van der Waals surface area contributed by atoms with Gasteiger partial charge >= 0.3 is 0 Å². The third-order valence-electron chi connectivity index (χ3n) is 1.31. The van der Waals surface area contributed by atoms with Gasteiger partial charge in [-0.25, -0.2) is 0 Å². The molecule has 2 nitrogen and oxygen atoms in total. The van der Waals surface area contributed by atoms with Crippen molar-refractivity contribution in [2.45, 2.75) is 12.5 Å². The summed E-state index contributed by atoms with van der Waals surface area (Å²) in [6.45, 7) is 0. The number of thiophene rings is 1. The molecule has 1 aromatic heterocycles. The van der Waals surface area contributed by atoms with Crippen molar-refractivity contribution in [1.29, 1.82) is 0 Å². The molecule has 66 valence electrons. The van der Waals surface area contributed by atoms with Crippen molar-refractivity contribution in [3.63, 3.8) is 0 Å². The smallest absolute Gasteiger partial charge is 0.122 e. The Kier molecular flexibility index (Phi) is 3.89. The Morgan fingerprint density at radius 2 is 2.33 bits per heavy atom. The number of hydrogen-bond donors (Lipinski definition) is 1. The predicted molar refractivity (Wildman–Crippen MR) is 55.4 cm³/mol. The van der Waals surface area contributed by atoms with Crippen LogP contribution in [0, 0.1) is 0 Å². The van der Waals surface area contributed by atoms with Crippen molar-refractivity contribution in [1.82, 2.24) is 0 Å². The van der Waals surface area contributed by atoms with E-state index in [2.05, 4.69) is 31.9 Å². The number of aldehydes is 1. The predicted octanol–water partition coefficient (Wildman–Crippen LogP) is 2.90. The van der Waals surface area contributed by atoms with Gasteiger partial charge in [-0.3, -0.25) is 0 Å². The van der Waals surface area contributed by atoms with Gasteiger partial charge in [-0.05, 0) is 37.9 Å². The van der Waals surface area contributed by atoms with E-state index in [9.17, 15) is 9.90 Å². The van der Waals surface area contributed by atoms with Crippen LogP contribution in [0.1, 0.15) is 17.4 Å². The van der Waals surface area contributed by atoms with Crippen molar-refractivity contribution >= 4 is 49.5 Å². The highest BCUT2D eigenvalue weighted by Crippen LogP contribution is 2.35. The molecule has 0 amide bonds. The van der Waals surface area contributed by atoms with Gasteiger partial charge in [0.25, 0.3) is 0 Å². The van der Waals surface area contributed by atoms with Crippen LogP contribution in [0.2, 0.25) is 0 Å². The molecule has 0 aliphatic rings. The average Bonchev–Trinajstić information content (AvgIpc) is 2.33. The molecule has 1 N–H and O–H groups in total. The second-order valence-electron chi connectivity index (χ2n) is 2.19. The van der Waals surface area contributed by atoms with Gasteiger partial charge < -0.3 is 9.90 Å². The minimum Gasteiger partial charge on any atom is -0.387 e. The summed E-state index contributed by atoms with van der Waals surface area (Å²) in [5, 5.41) is 9.40.